The summed E-state index contributed by atoms with van der Waals surface area (Å²) in [5, 5.41) is 7.96. The van der Waals surface area contributed by atoms with Gasteiger partial charge in [-0.3, -0.25) is 19.2 Å². The highest BCUT2D eigenvalue weighted by Crippen LogP contribution is 2.35. The molecule has 3 aromatic rings. The largest absolute Gasteiger partial charge is 0.494 e. The molecule has 0 spiro atoms. The molecule has 0 saturated heterocycles. The summed E-state index contributed by atoms with van der Waals surface area (Å²) in [5.74, 6) is -1.28. The topological polar surface area (TPSA) is 200 Å². The smallest absolute Gasteiger partial charge is 0.330 e. The van der Waals surface area contributed by atoms with Crippen LogP contribution in [-0.4, -0.2) is 68.5 Å². The average Bonchev–Trinajstić information content (AvgIpc) is 3.40. The van der Waals surface area contributed by atoms with Gasteiger partial charge < -0.3 is 43.3 Å². The van der Waals surface area contributed by atoms with Crippen LogP contribution < -0.4 is 28.4 Å². The molecule has 2 fully saturated rings. The van der Waals surface area contributed by atoms with Gasteiger partial charge in [0.1, 0.15) is 34.5 Å². The molecule has 5 rings (SSSR count). The van der Waals surface area contributed by atoms with Crippen molar-refractivity contribution in [2.24, 2.45) is 23.7 Å². The Morgan fingerprint density at radius 3 is 1.08 bits per heavy atom. The number of ether oxygens (including phenoxy) is 8. The zero-order valence-electron chi connectivity index (χ0n) is 41.5. The van der Waals surface area contributed by atoms with Crippen molar-refractivity contribution in [1.82, 2.24) is 0 Å². The molecule has 1 N–H and O–H groups in total. The van der Waals surface area contributed by atoms with Gasteiger partial charge in [-0.2, -0.15) is 0 Å². The van der Waals surface area contributed by atoms with Crippen LogP contribution >= 0.6 is 0 Å². The second-order valence-corrected chi connectivity index (χ2v) is 18.3. The average molecular weight is 994 g/mol. The molecule has 0 aliphatic heterocycles. The van der Waals surface area contributed by atoms with Crippen molar-refractivity contribution in [3.63, 3.8) is 0 Å². The van der Waals surface area contributed by atoms with Crippen molar-refractivity contribution in [3.8, 4) is 34.5 Å². The van der Waals surface area contributed by atoms with E-state index in [2.05, 4.69) is 13.2 Å². The van der Waals surface area contributed by atoms with E-state index in [0.29, 0.717) is 101 Å². The maximum Gasteiger partial charge on any atom is 0.330 e. The van der Waals surface area contributed by atoms with Gasteiger partial charge in [0.2, 0.25) is 0 Å². The maximum atomic E-state index is 13.2. The Labute approximate surface area is 423 Å². The van der Waals surface area contributed by atoms with E-state index >= 15 is 0 Å². The molecule has 0 aromatic heterocycles. The highest BCUT2D eigenvalue weighted by Gasteiger charge is 2.34. The quantitative estimate of drug-likeness (QED) is 0.0210. The van der Waals surface area contributed by atoms with Crippen LogP contribution in [0.3, 0.4) is 0 Å². The molecule has 0 unspecified atom stereocenters. The summed E-state index contributed by atoms with van der Waals surface area (Å²) in [6, 6.07) is 18.4. The first-order valence-electron chi connectivity index (χ1n) is 25.6. The van der Waals surface area contributed by atoms with Crippen LogP contribution in [0.2, 0.25) is 0 Å². The van der Waals surface area contributed by atoms with Crippen LogP contribution in [0.1, 0.15) is 134 Å². The lowest BCUT2D eigenvalue weighted by Gasteiger charge is -2.26. The Balaban J connectivity index is 0.924. The molecule has 0 amide bonds. The summed E-state index contributed by atoms with van der Waals surface area (Å²) in [6.07, 6.45) is 18.9. The maximum absolute atomic E-state index is 13.2. The van der Waals surface area contributed by atoms with Crippen LogP contribution in [-0.2, 0) is 38.2 Å². The van der Waals surface area contributed by atoms with Crippen molar-refractivity contribution >= 4 is 42.0 Å². The lowest BCUT2D eigenvalue weighted by atomic mass is 9.82. The number of carbonyl (C=O) groups excluding carboxylic acids is 6. The Bertz CT molecular complexity index is 2220. The lowest BCUT2D eigenvalue weighted by Crippen LogP contribution is -2.30. The lowest BCUT2D eigenvalue weighted by molar-refractivity contribution is -0.145. The Kier molecular flexibility index (Phi) is 24.6. The first-order chi connectivity index (χ1) is 35.0. The van der Waals surface area contributed by atoms with Gasteiger partial charge in [-0.15, -0.1) is 0 Å². The van der Waals surface area contributed by atoms with E-state index in [4.69, 9.17) is 43.3 Å². The van der Waals surface area contributed by atoms with Gasteiger partial charge in [0.25, 0.3) is 0 Å². The molecule has 2 aliphatic carbocycles. The SMILES string of the molecule is C=CC(=O)OCCCCCCCCOc1ccc(OC(=O)[C@H]2CC[C@@H](C(=O)Oc3ccc(OC(=O)[C@H]4CC[C@@H](C(=O)Oc5ccc(OCCCCCCCCOC(=O)C=C)cc5)CC4)c(C=N)c3)CC2)cc1. The molecule has 2 saturated carbocycles. The molecule has 15 heteroatoms. The van der Waals surface area contributed by atoms with Gasteiger partial charge in [-0.1, -0.05) is 64.5 Å². The fourth-order valence-corrected chi connectivity index (χ4v) is 8.59. The third-order valence-corrected chi connectivity index (χ3v) is 12.9. The predicted molar refractivity (Wildman–Crippen MR) is 269 cm³/mol. The fraction of sp³-hybridized carbons (Fsp3) is 0.491. The van der Waals surface area contributed by atoms with Gasteiger partial charge in [-0.25, -0.2) is 9.59 Å². The van der Waals surface area contributed by atoms with E-state index in [1.54, 1.807) is 48.5 Å². The molecule has 0 atom stereocenters. The molecule has 15 nitrogen and oxygen atoms in total. The van der Waals surface area contributed by atoms with Gasteiger partial charge in [0, 0.05) is 23.9 Å². The molecule has 388 valence electrons. The minimum atomic E-state index is -0.455. The standard InChI is InChI=1S/C57H71NO14/c1-3-52(59)67-37-15-11-7-5-9-13-35-65-46-25-29-48(30-26-46)69-54(61)41-17-19-43(20-18-41)56(63)71-50-33-34-51(45(39-50)40-58)72-57(64)44-23-21-42(22-24-44)55(62)70-49-31-27-47(28-32-49)66-36-14-10-6-8-12-16-38-68-53(60)4-2/h3-4,25-34,39-44,58H,1-2,5-24,35-38H2/t41-,42-,43+,44+. The van der Waals surface area contributed by atoms with Crippen molar-refractivity contribution in [2.45, 2.75) is 128 Å². The van der Waals surface area contributed by atoms with Gasteiger partial charge in [0.15, 0.2) is 0 Å². The number of hydrogen-bond donors (Lipinski definition) is 1. The van der Waals surface area contributed by atoms with Crippen LogP contribution in [0.25, 0.3) is 0 Å². The number of benzene rings is 3. The van der Waals surface area contributed by atoms with Crippen LogP contribution in [0.4, 0.5) is 0 Å². The summed E-state index contributed by atoms with van der Waals surface area (Å²) in [6.45, 7) is 8.77. The summed E-state index contributed by atoms with van der Waals surface area (Å²) in [7, 11) is 0. The highest BCUT2D eigenvalue weighted by atomic mass is 16.6. The molecule has 2 aliphatic rings. The number of nitrogens with one attached hydrogen (secondary N) is 1. The number of esters is 6. The normalized spacial score (nSPS) is 17.3. The van der Waals surface area contributed by atoms with Crippen LogP contribution in [0, 0.1) is 29.1 Å². The summed E-state index contributed by atoms with van der Waals surface area (Å²) in [4.78, 5) is 74.5. The summed E-state index contributed by atoms with van der Waals surface area (Å²) >= 11 is 0. The summed E-state index contributed by atoms with van der Waals surface area (Å²) in [5.41, 5.74) is 0.271. The predicted octanol–water partition coefficient (Wildman–Crippen LogP) is 11.2. The number of hydrogen-bond acceptors (Lipinski definition) is 15. The van der Waals surface area contributed by atoms with Crippen molar-refractivity contribution in [1.29, 1.82) is 5.41 Å². The summed E-state index contributed by atoms with van der Waals surface area (Å²) < 4.78 is 44.4. The minimum absolute atomic E-state index is 0.170. The monoisotopic (exact) mass is 993 g/mol. The molecular weight excluding hydrogens is 923 g/mol. The van der Waals surface area contributed by atoms with Crippen molar-refractivity contribution < 1.29 is 66.7 Å². The Morgan fingerprint density at radius 1 is 0.417 bits per heavy atom. The van der Waals surface area contributed by atoms with Crippen LogP contribution in [0.15, 0.2) is 92.0 Å². The molecular formula is C57H71NO14. The number of unbranched alkanes of at least 4 members (excludes halogenated alkanes) is 10. The number of carbonyl (C=O) groups is 6. The second kappa shape index (κ2) is 31.5. The van der Waals surface area contributed by atoms with Gasteiger partial charge >= 0.3 is 35.8 Å². The highest BCUT2D eigenvalue weighted by molar-refractivity contribution is 5.86. The Morgan fingerprint density at radius 2 is 0.722 bits per heavy atom. The zero-order valence-corrected chi connectivity index (χ0v) is 41.5. The van der Waals surface area contributed by atoms with Crippen molar-refractivity contribution in [2.75, 3.05) is 26.4 Å². The van der Waals surface area contributed by atoms with E-state index in [9.17, 15) is 28.8 Å². The van der Waals surface area contributed by atoms with E-state index < -0.39 is 23.8 Å². The minimum Gasteiger partial charge on any atom is -0.494 e. The van der Waals surface area contributed by atoms with E-state index in [0.717, 1.165) is 83.3 Å². The molecule has 0 heterocycles. The van der Waals surface area contributed by atoms with Gasteiger partial charge in [-0.05, 0) is 144 Å². The second-order valence-electron chi connectivity index (χ2n) is 18.3. The van der Waals surface area contributed by atoms with E-state index in [-0.39, 0.29) is 52.8 Å². The van der Waals surface area contributed by atoms with Gasteiger partial charge in [0.05, 0.1) is 50.1 Å². The molecule has 72 heavy (non-hydrogen) atoms. The van der Waals surface area contributed by atoms with E-state index in [1.165, 1.54) is 30.4 Å². The molecule has 0 radical (unpaired) electrons. The van der Waals surface area contributed by atoms with Crippen molar-refractivity contribution in [3.05, 3.63) is 97.6 Å². The number of rotatable bonds is 31. The first-order valence-corrected chi connectivity index (χ1v) is 25.6. The molecule has 3 aromatic carbocycles. The molecule has 0 bridgehead atoms. The fourth-order valence-electron chi connectivity index (χ4n) is 8.59. The van der Waals surface area contributed by atoms with E-state index in [1.807, 2.05) is 0 Å². The zero-order chi connectivity index (χ0) is 51.3. The Hall–Kier alpha value is -6.77. The third-order valence-electron chi connectivity index (χ3n) is 12.9. The first kappa shape index (κ1) is 56.1. The van der Waals surface area contributed by atoms with Crippen LogP contribution in [0.5, 0.6) is 34.5 Å². The third kappa shape index (κ3) is 20.2.